The van der Waals surface area contributed by atoms with Gasteiger partial charge in [-0.25, -0.2) is 9.97 Å². The molecule has 0 radical (unpaired) electrons. The van der Waals surface area contributed by atoms with Gasteiger partial charge in [-0.2, -0.15) is 0 Å². The van der Waals surface area contributed by atoms with Crippen LogP contribution in [0.5, 0.6) is 0 Å². The quantitative estimate of drug-likeness (QED) is 0.832. The second kappa shape index (κ2) is 4.87. The highest BCUT2D eigenvalue weighted by molar-refractivity contribution is 5.55. The third-order valence-electron chi connectivity index (χ3n) is 3.24. The second-order valence-electron chi connectivity index (χ2n) is 4.47. The number of nitrogen functional groups attached to an aromatic ring is 1. The highest BCUT2D eigenvalue weighted by Gasteiger charge is 2.25. The molecule has 17 heavy (non-hydrogen) atoms. The lowest BCUT2D eigenvalue weighted by atomic mass is 10.1. The maximum atomic E-state index is 5.88. The van der Waals surface area contributed by atoms with Crippen LogP contribution in [0, 0.1) is 6.92 Å². The normalized spacial score (nSPS) is 23.9. The van der Waals surface area contributed by atoms with Crippen molar-refractivity contribution in [1.82, 2.24) is 9.97 Å². The van der Waals surface area contributed by atoms with Gasteiger partial charge in [0.1, 0.15) is 17.5 Å². The van der Waals surface area contributed by atoms with Gasteiger partial charge in [0.05, 0.1) is 12.1 Å². The molecule has 2 unspecified atom stereocenters. The summed E-state index contributed by atoms with van der Waals surface area (Å²) in [5.74, 6) is 2.18. The van der Waals surface area contributed by atoms with Gasteiger partial charge >= 0.3 is 0 Å². The summed E-state index contributed by atoms with van der Waals surface area (Å²) in [6.45, 7) is 6.84. The summed E-state index contributed by atoms with van der Waals surface area (Å²) in [5.41, 5.74) is 6.80. The summed E-state index contributed by atoms with van der Waals surface area (Å²) in [7, 11) is 0. The van der Waals surface area contributed by atoms with Crippen molar-refractivity contribution in [2.45, 2.75) is 45.8 Å². The predicted octanol–water partition coefficient (Wildman–Crippen LogP) is 1.52. The molecule has 1 aromatic heterocycles. The molecular formula is C12H20N4O. The number of hydrogen-bond donors (Lipinski definition) is 2. The molecule has 5 nitrogen and oxygen atoms in total. The van der Waals surface area contributed by atoms with Crippen molar-refractivity contribution in [3.63, 3.8) is 0 Å². The van der Waals surface area contributed by atoms with Crippen LogP contribution in [0.4, 0.5) is 11.6 Å². The Hall–Kier alpha value is -1.36. The van der Waals surface area contributed by atoms with Crippen LogP contribution in [0.3, 0.4) is 0 Å². The first-order valence-corrected chi connectivity index (χ1v) is 6.13. The Morgan fingerprint density at radius 2 is 2.24 bits per heavy atom. The van der Waals surface area contributed by atoms with Gasteiger partial charge in [0.25, 0.3) is 0 Å². The first-order valence-electron chi connectivity index (χ1n) is 6.13. The summed E-state index contributed by atoms with van der Waals surface area (Å²) >= 11 is 0. The number of hydrogen-bond acceptors (Lipinski definition) is 5. The molecule has 2 atom stereocenters. The fourth-order valence-corrected chi connectivity index (χ4v) is 1.98. The van der Waals surface area contributed by atoms with E-state index in [1.165, 1.54) is 0 Å². The van der Waals surface area contributed by atoms with Crippen molar-refractivity contribution >= 4 is 11.6 Å². The van der Waals surface area contributed by atoms with Gasteiger partial charge in [-0.05, 0) is 20.3 Å². The van der Waals surface area contributed by atoms with E-state index in [-0.39, 0.29) is 6.10 Å². The van der Waals surface area contributed by atoms with Crippen LogP contribution in [-0.2, 0) is 11.2 Å². The van der Waals surface area contributed by atoms with Crippen LogP contribution in [0.2, 0.25) is 0 Å². The maximum Gasteiger partial charge on any atom is 0.135 e. The minimum Gasteiger partial charge on any atom is -0.383 e. The number of nitrogens with two attached hydrogens (primary N) is 1. The predicted molar refractivity (Wildman–Crippen MR) is 68.0 cm³/mol. The Morgan fingerprint density at radius 1 is 1.47 bits per heavy atom. The molecule has 1 aromatic rings. The summed E-state index contributed by atoms with van der Waals surface area (Å²) in [6, 6.07) is 0.313. The Kier molecular flexibility index (Phi) is 3.47. The molecule has 0 bridgehead atoms. The van der Waals surface area contributed by atoms with Gasteiger partial charge in [0, 0.05) is 18.6 Å². The van der Waals surface area contributed by atoms with Gasteiger partial charge in [-0.3, -0.25) is 0 Å². The van der Waals surface area contributed by atoms with Crippen molar-refractivity contribution in [2.24, 2.45) is 0 Å². The molecule has 0 amide bonds. The summed E-state index contributed by atoms with van der Waals surface area (Å²) in [5, 5.41) is 3.42. The Balaban J connectivity index is 2.22. The molecule has 1 fully saturated rings. The molecule has 94 valence electrons. The van der Waals surface area contributed by atoms with Crippen LogP contribution in [0.1, 0.15) is 31.7 Å². The summed E-state index contributed by atoms with van der Waals surface area (Å²) in [6.07, 6.45) is 2.01. The summed E-state index contributed by atoms with van der Waals surface area (Å²) in [4.78, 5) is 8.73. The van der Waals surface area contributed by atoms with Gasteiger partial charge < -0.3 is 15.8 Å². The zero-order valence-corrected chi connectivity index (χ0v) is 10.7. The molecule has 1 saturated heterocycles. The highest BCUT2D eigenvalue weighted by Crippen LogP contribution is 2.22. The smallest absolute Gasteiger partial charge is 0.135 e. The van der Waals surface area contributed by atoms with E-state index in [1.807, 2.05) is 13.8 Å². The van der Waals surface area contributed by atoms with Crippen molar-refractivity contribution in [2.75, 3.05) is 17.7 Å². The summed E-state index contributed by atoms with van der Waals surface area (Å²) < 4.78 is 5.53. The zero-order valence-electron chi connectivity index (χ0n) is 10.7. The lowest BCUT2D eigenvalue weighted by molar-refractivity contribution is 0.121. The van der Waals surface area contributed by atoms with Crippen LogP contribution < -0.4 is 11.1 Å². The minimum absolute atomic E-state index is 0.218. The molecule has 3 N–H and O–H groups in total. The van der Waals surface area contributed by atoms with Crippen molar-refractivity contribution in [3.8, 4) is 0 Å². The van der Waals surface area contributed by atoms with E-state index in [0.717, 1.165) is 36.7 Å². The first kappa shape index (κ1) is 12.1. The molecule has 0 aromatic carbocycles. The molecule has 1 aliphatic heterocycles. The van der Waals surface area contributed by atoms with Gasteiger partial charge in [-0.15, -0.1) is 0 Å². The van der Waals surface area contributed by atoms with E-state index in [4.69, 9.17) is 10.5 Å². The number of ether oxygens (including phenoxy) is 1. The van der Waals surface area contributed by atoms with Crippen LogP contribution in [-0.4, -0.2) is 28.7 Å². The van der Waals surface area contributed by atoms with E-state index >= 15 is 0 Å². The van der Waals surface area contributed by atoms with Crippen LogP contribution in [0.15, 0.2) is 0 Å². The first-order chi connectivity index (χ1) is 8.11. The van der Waals surface area contributed by atoms with Gasteiger partial charge in [0.15, 0.2) is 0 Å². The van der Waals surface area contributed by atoms with E-state index in [0.29, 0.717) is 11.9 Å². The van der Waals surface area contributed by atoms with Crippen LogP contribution >= 0.6 is 0 Å². The lowest BCUT2D eigenvalue weighted by Gasteiger charge is -2.19. The fourth-order valence-electron chi connectivity index (χ4n) is 1.98. The third-order valence-corrected chi connectivity index (χ3v) is 3.24. The standard InChI is InChI=1S/C12H20N4O/c1-4-10-15-11(13)7(2)12(16-10)14-9-5-6-17-8(9)3/h8-9H,4-6H2,1-3H3,(H3,13,14,15,16). The molecule has 1 aliphatic rings. The topological polar surface area (TPSA) is 73.1 Å². The molecule has 0 saturated carbocycles. The molecule has 0 spiro atoms. The van der Waals surface area contributed by atoms with E-state index in [9.17, 15) is 0 Å². The van der Waals surface area contributed by atoms with Crippen LogP contribution in [0.25, 0.3) is 0 Å². The van der Waals surface area contributed by atoms with Crippen molar-refractivity contribution < 1.29 is 4.74 Å². The maximum absolute atomic E-state index is 5.88. The number of nitrogens with zero attached hydrogens (tertiary/aromatic N) is 2. The molecule has 2 heterocycles. The van der Waals surface area contributed by atoms with Crippen molar-refractivity contribution in [3.05, 3.63) is 11.4 Å². The van der Waals surface area contributed by atoms with E-state index in [1.54, 1.807) is 0 Å². The Morgan fingerprint density at radius 3 is 2.82 bits per heavy atom. The highest BCUT2D eigenvalue weighted by atomic mass is 16.5. The zero-order chi connectivity index (χ0) is 12.4. The SMILES string of the molecule is CCc1nc(N)c(C)c(NC2CCOC2C)n1. The van der Waals surface area contributed by atoms with Gasteiger partial charge in [0.2, 0.25) is 0 Å². The number of anilines is 2. The number of rotatable bonds is 3. The van der Waals surface area contributed by atoms with E-state index < -0.39 is 0 Å². The minimum atomic E-state index is 0.218. The molecule has 0 aliphatic carbocycles. The number of aryl methyl sites for hydroxylation is 1. The monoisotopic (exact) mass is 236 g/mol. The average Bonchev–Trinajstić information content (AvgIpc) is 2.70. The third kappa shape index (κ3) is 2.49. The average molecular weight is 236 g/mol. The second-order valence-corrected chi connectivity index (χ2v) is 4.47. The number of nitrogens with one attached hydrogen (secondary N) is 1. The molecule has 5 heteroatoms. The fraction of sp³-hybridized carbons (Fsp3) is 0.667. The van der Waals surface area contributed by atoms with Crippen molar-refractivity contribution in [1.29, 1.82) is 0 Å². The molecule has 2 rings (SSSR count). The van der Waals surface area contributed by atoms with Gasteiger partial charge in [-0.1, -0.05) is 6.92 Å². The Bertz CT molecular complexity index is 408. The van der Waals surface area contributed by atoms with E-state index in [2.05, 4.69) is 22.2 Å². The number of aromatic nitrogens is 2. The Labute approximate surface area is 102 Å². The molecular weight excluding hydrogens is 216 g/mol. The largest absolute Gasteiger partial charge is 0.383 e. The lowest BCUT2D eigenvalue weighted by Crippen LogP contribution is -2.28.